The van der Waals surface area contributed by atoms with E-state index in [1.807, 2.05) is 12.1 Å². The molecule has 0 heterocycles. The Morgan fingerprint density at radius 1 is 0.941 bits per heavy atom. The van der Waals surface area contributed by atoms with Crippen molar-refractivity contribution in [1.29, 1.82) is 0 Å². The first-order chi connectivity index (χ1) is 7.76. The lowest BCUT2D eigenvalue weighted by molar-refractivity contribution is 0.408. The predicted molar refractivity (Wildman–Crippen MR) is 74.7 cm³/mol. The molecule has 0 aliphatic rings. The predicted octanol–water partition coefficient (Wildman–Crippen LogP) is 4.77. The van der Waals surface area contributed by atoms with Crippen LogP contribution in [0.4, 0.5) is 0 Å². The molecule has 17 heavy (non-hydrogen) atoms. The molecule has 0 radical (unpaired) electrons. The normalized spacial score (nSPS) is 12.8. The third kappa shape index (κ3) is 2.65. The van der Waals surface area contributed by atoms with Crippen molar-refractivity contribution >= 4 is 0 Å². The quantitative estimate of drug-likeness (QED) is 0.795. The highest BCUT2D eigenvalue weighted by molar-refractivity contribution is 5.47. The summed E-state index contributed by atoms with van der Waals surface area (Å²) in [6, 6.07) is 5.93. The number of hydrogen-bond acceptors (Lipinski definition) is 1. The van der Waals surface area contributed by atoms with E-state index in [-0.39, 0.29) is 10.8 Å². The van der Waals surface area contributed by atoms with Gasteiger partial charge in [-0.1, -0.05) is 53.7 Å². The van der Waals surface area contributed by atoms with Crippen molar-refractivity contribution < 1.29 is 5.11 Å². The Morgan fingerprint density at radius 2 is 1.47 bits per heavy atom. The number of hydrogen-bond donors (Lipinski definition) is 1. The minimum Gasteiger partial charge on any atom is -0.508 e. The van der Waals surface area contributed by atoms with Gasteiger partial charge in [-0.05, 0) is 35.3 Å². The van der Waals surface area contributed by atoms with E-state index in [2.05, 4.69) is 47.6 Å². The van der Waals surface area contributed by atoms with Gasteiger partial charge >= 0.3 is 0 Å². The minimum atomic E-state index is 0.0209. The largest absolute Gasteiger partial charge is 0.508 e. The summed E-state index contributed by atoms with van der Waals surface area (Å²) >= 11 is 0. The highest BCUT2D eigenvalue weighted by Gasteiger charge is 2.30. The number of benzene rings is 1. The molecule has 96 valence electrons. The average molecular weight is 234 g/mol. The highest BCUT2D eigenvalue weighted by Crippen LogP contribution is 2.41. The Balaban J connectivity index is 3.48. The molecule has 0 bridgehead atoms. The third-order valence-electron chi connectivity index (χ3n) is 4.22. The van der Waals surface area contributed by atoms with Crippen molar-refractivity contribution in [3.8, 4) is 5.75 Å². The van der Waals surface area contributed by atoms with Crippen LogP contribution in [0, 0.1) is 0 Å². The van der Waals surface area contributed by atoms with Gasteiger partial charge in [-0.2, -0.15) is 0 Å². The van der Waals surface area contributed by atoms with Gasteiger partial charge in [0, 0.05) is 5.56 Å². The molecular formula is C16H26O. The van der Waals surface area contributed by atoms with Crippen LogP contribution in [-0.2, 0) is 10.8 Å². The summed E-state index contributed by atoms with van der Waals surface area (Å²) in [4.78, 5) is 0. The molecular weight excluding hydrogens is 208 g/mol. The number of rotatable bonds is 4. The van der Waals surface area contributed by atoms with Gasteiger partial charge in [-0.15, -0.1) is 0 Å². The number of aromatic hydroxyl groups is 1. The van der Waals surface area contributed by atoms with Gasteiger partial charge in [0.2, 0.25) is 0 Å². The summed E-state index contributed by atoms with van der Waals surface area (Å²) in [5, 5.41) is 10.2. The Hall–Kier alpha value is -0.980. The SMILES string of the molecule is CCC(C)(C)c1cccc(O)c1C(C)(C)CC. The van der Waals surface area contributed by atoms with Crippen LogP contribution in [0.15, 0.2) is 18.2 Å². The van der Waals surface area contributed by atoms with Crippen molar-refractivity contribution in [1.82, 2.24) is 0 Å². The maximum atomic E-state index is 10.2. The van der Waals surface area contributed by atoms with Crippen LogP contribution in [0.3, 0.4) is 0 Å². The van der Waals surface area contributed by atoms with Crippen LogP contribution in [0.25, 0.3) is 0 Å². The molecule has 0 fully saturated rings. The number of phenols is 1. The second-order valence-electron chi connectivity index (χ2n) is 6.17. The molecule has 0 saturated heterocycles. The molecule has 0 atom stereocenters. The lowest BCUT2D eigenvalue weighted by atomic mass is 9.71. The van der Waals surface area contributed by atoms with Gasteiger partial charge in [0.15, 0.2) is 0 Å². The molecule has 0 aliphatic heterocycles. The van der Waals surface area contributed by atoms with Crippen molar-refractivity contribution in [3.63, 3.8) is 0 Å². The van der Waals surface area contributed by atoms with E-state index in [0.29, 0.717) is 5.75 Å². The lowest BCUT2D eigenvalue weighted by Crippen LogP contribution is -2.25. The lowest BCUT2D eigenvalue weighted by Gasteiger charge is -2.34. The summed E-state index contributed by atoms with van der Waals surface area (Å²) in [5.74, 6) is 0.441. The van der Waals surface area contributed by atoms with Crippen molar-refractivity contribution in [2.24, 2.45) is 0 Å². The van der Waals surface area contributed by atoms with Crippen LogP contribution in [0.2, 0.25) is 0 Å². The van der Waals surface area contributed by atoms with E-state index < -0.39 is 0 Å². The molecule has 0 aromatic heterocycles. The standard InChI is InChI=1S/C16H26O/c1-7-15(3,4)12-10-9-11-13(17)14(12)16(5,6)8-2/h9-11,17H,7-8H2,1-6H3. The molecule has 0 amide bonds. The number of phenolic OH excluding ortho intramolecular Hbond substituents is 1. The molecule has 1 aromatic carbocycles. The summed E-state index contributed by atoms with van der Waals surface area (Å²) in [5.41, 5.74) is 2.54. The van der Waals surface area contributed by atoms with Crippen LogP contribution >= 0.6 is 0 Å². The van der Waals surface area contributed by atoms with Crippen molar-refractivity contribution in [3.05, 3.63) is 29.3 Å². The molecule has 1 N–H and O–H groups in total. The summed E-state index contributed by atoms with van der Waals surface area (Å²) in [7, 11) is 0. The average Bonchev–Trinajstić information content (AvgIpc) is 2.28. The molecule has 1 aromatic rings. The van der Waals surface area contributed by atoms with Gasteiger partial charge < -0.3 is 5.11 Å². The first kappa shape index (κ1) is 14.1. The third-order valence-corrected chi connectivity index (χ3v) is 4.22. The van der Waals surface area contributed by atoms with Gasteiger partial charge in [0.1, 0.15) is 5.75 Å². The molecule has 0 unspecified atom stereocenters. The van der Waals surface area contributed by atoms with Gasteiger partial charge in [0.05, 0.1) is 0 Å². The Bertz CT molecular complexity index is 389. The Kier molecular flexibility index (Phi) is 3.91. The van der Waals surface area contributed by atoms with Crippen LogP contribution in [0.1, 0.15) is 65.5 Å². The van der Waals surface area contributed by atoms with E-state index in [0.717, 1.165) is 18.4 Å². The maximum Gasteiger partial charge on any atom is 0.119 e. The Morgan fingerprint density at radius 3 is 1.94 bits per heavy atom. The molecule has 0 saturated carbocycles. The van der Waals surface area contributed by atoms with Crippen molar-refractivity contribution in [2.45, 2.75) is 65.2 Å². The molecule has 1 nitrogen and oxygen atoms in total. The smallest absolute Gasteiger partial charge is 0.119 e. The minimum absolute atomic E-state index is 0.0209. The molecule has 0 aliphatic carbocycles. The van der Waals surface area contributed by atoms with Gasteiger partial charge in [-0.25, -0.2) is 0 Å². The second-order valence-corrected chi connectivity index (χ2v) is 6.17. The van der Waals surface area contributed by atoms with E-state index in [1.54, 1.807) is 0 Å². The van der Waals surface area contributed by atoms with Crippen LogP contribution in [-0.4, -0.2) is 5.11 Å². The van der Waals surface area contributed by atoms with Gasteiger partial charge in [0.25, 0.3) is 0 Å². The second kappa shape index (κ2) is 4.72. The molecule has 1 rings (SSSR count). The zero-order valence-electron chi connectivity index (χ0n) is 12.1. The first-order valence-electron chi connectivity index (χ1n) is 6.59. The van der Waals surface area contributed by atoms with E-state index in [4.69, 9.17) is 0 Å². The summed E-state index contributed by atoms with van der Waals surface area (Å²) in [6.07, 6.45) is 2.10. The fraction of sp³-hybridized carbons (Fsp3) is 0.625. The van der Waals surface area contributed by atoms with Crippen LogP contribution < -0.4 is 0 Å². The maximum absolute atomic E-state index is 10.2. The zero-order valence-corrected chi connectivity index (χ0v) is 12.1. The Labute approximate surface area is 106 Å². The van der Waals surface area contributed by atoms with E-state index in [9.17, 15) is 5.11 Å². The first-order valence-corrected chi connectivity index (χ1v) is 6.59. The summed E-state index contributed by atoms with van der Waals surface area (Å²) in [6.45, 7) is 13.3. The van der Waals surface area contributed by atoms with Crippen molar-refractivity contribution in [2.75, 3.05) is 0 Å². The molecule has 0 spiro atoms. The monoisotopic (exact) mass is 234 g/mol. The van der Waals surface area contributed by atoms with E-state index >= 15 is 0 Å². The zero-order chi connectivity index (χ0) is 13.3. The van der Waals surface area contributed by atoms with Gasteiger partial charge in [-0.3, -0.25) is 0 Å². The topological polar surface area (TPSA) is 20.2 Å². The molecule has 1 heteroatoms. The fourth-order valence-corrected chi connectivity index (χ4v) is 2.18. The summed E-state index contributed by atoms with van der Waals surface area (Å²) < 4.78 is 0. The highest BCUT2D eigenvalue weighted by atomic mass is 16.3. The fourth-order valence-electron chi connectivity index (χ4n) is 2.18. The van der Waals surface area contributed by atoms with E-state index in [1.165, 1.54) is 5.56 Å². The van der Waals surface area contributed by atoms with Crippen LogP contribution in [0.5, 0.6) is 5.75 Å².